The van der Waals surface area contributed by atoms with Crippen molar-refractivity contribution in [2.75, 3.05) is 18.0 Å². The van der Waals surface area contributed by atoms with E-state index in [0.29, 0.717) is 5.56 Å². The van der Waals surface area contributed by atoms with Crippen LogP contribution in [0.3, 0.4) is 0 Å². The molecule has 0 N–H and O–H groups in total. The van der Waals surface area contributed by atoms with E-state index in [1.54, 1.807) is 12.4 Å². The Hall–Kier alpha value is -2.34. The van der Waals surface area contributed by atoms with Gasteiger partial charge in [-0.25, -0.2) is 0 Å². The van der Waals surface area contributed by atoms with E-state index in [4.69, 9.17) is 5.26 Å². The topological polar surface area (TPSA) is 39.9 Å². The second kappa shape index (κ2) is 6.01. The van der Waals surface area contributed by atoms with Crippen LogP contribution in [0.15, 0.2) is 42.7 Å². The number of anilines is 1. The first-order valence-electron chi connectivity index (χ1n) is 6.49. The van der Waals surface area contributed by atoms with Gasteiger partial charge in [-0.1, -0.05) is 12.1 Å². The molecule has 0 radical (unpaired) electrons. The lowest BCUT2D eigenvalue weighted by atomic mass is 10.0. The van der Waals surface area contributed by atoms with Crippen molar-refractivity contribution in [3.8, 4) is 17.2 Å². The molecule has 2 aromatic rings. The predicted octanol–water partition coefficient (Wildman–Crippen LogP) is 3.47. The first-order valence-corrected chi connectivity index (χ1v) is 6.49. The van der Waals surface area contributed by atoms with E-state index >= 15 is 0 Å². The van der Waals surface area contributed by atoms with Crippen LogP contribution in [-0.2, 0) is 0 Å². The third-order valence-corrected chi connectivity index (χ3v) is 3.25. The fraction of sp³-hybridized carbons (Fsp3) is 0.250. The molecule has 0 amide bonds. The van der Waals surface area contributed by atoms with E-state index in [2.05, 4.69) is 54.1 Å². The van der Waals surface area contributed by atoms with E-state index < -0.39 is 0 Å². The van der Waals surface area contributed by atoms with Crippen molar-refractivity contribution in [2.45, 2.75) is 13.8 Å². The molecule has 0 bridgehead atoms. The molecule has 1 heterocycles. The summed E-state index contributed by atoms with van der Waals surface area (Å²) in [6.07, 6.45) is 3.32. The number of nitriles is 1. The van der Waals surface area contributed by atoms with Gasteiger partial charge in [-0.05, 0) is 37.6 Å². The van der Waals surface area contributed by atoms with Crippen LogP contribution in [0.4, 0.5) is 5.69 Å². The summed E-state index contributed by atoms with van der Waals surface area (Å²) in [5, 5.41) is 9.10. The predicted molar refractivity (Wildman–Crippen MR) is 77.9 cm³/mol. The minimum atomic E-state index is 0.609. The second-order valence-corrected chi connectivity index (χ2v) is 4.25. The van der Waals surface area contributed by atoms with Crippen LogP contribution in [0.2, 0.25) is 0 Å². The van der Waals surface area contributed by atoms with E-state index in [1.807, 2.05) is 6.07 Å². The van der Waals surface area contributed by atoms with Gasteiger partial charge < -0.3 is 4.90 Å². The molecular weight excluding hydrogens is 234 g/mol. The van der Waals surface area contributed by atoms with Gasteiger partial charge >= 0.3 is 0 Å². The van der Waals surface area contributed by atoms with Crippen molar-refractivity contribution in [1.82, 2.24) is 4.98 Å². The van der Waals surface area contributed by atoms with Gasteiger partial charge in [0, 0.05) is 36.7 Å². The lowest BCUT2D eigenvalue weighted by molar-refractivity contribution is 0.866. The molecule has 0 unspecified atom stereocenters. The standard InChI is InChI=1S/C16H17N3/c1-3-19(4-2)15-7-5-13(6-8-15)16-9-10-18-12-14(16)11-17/h5-10,12H,3-4H2,1-2H3. The van der Waals surface area contributed by atoms with Crippen LogP contribution < -0.4 is 4.90 Å². The zero-order chi connectivity index (χ0) is 13.7. The fourth-order valence-electron chi connectivity index (χ4n) is 2.18. The van der Waals surface area contributed by atoms with E-state index in [9.17, 15) is 0 Å². The highest BCUT2D eigenvalue weighted by molar-refractivity contribution is 5.71. The molecular formula is C16H17N3. The van der Waals surface area contributed by atoms with Crippen molar-refractivity contribution >= 4 is 5.69 Å². The van der Waals surface area contributed by atoms with Crippen LogP contribution >= 0.6 is 0 Å². The Balaban J connectivity index is 2.35. The Morgan fingerprint density at radius 3 is 2.37 bits per heavy atom. The molecule has 3 heteroatoms. The summed E-state index contributed by atoms with van der Waals surface area (Å²) in [4.78, 5) is 6.28. The Morgan fingerprint density at radius 2 is 1.79 bits per heavy atom. The van der Waals surface area contributed by atoms with Crippen molar-refractivity contribution in [1.29, 1.82) is 5.26 Å². The molecule has 0 saturated heterocycles. The number of aromatic nitrogens is 1. The molecule has 1 aromatic heterocycles. The zero-order valence-electron chi connectivity index (χ0n) is 11.3. The summed E-state index contributed by atoms with van der Waals surface area (Å²) in [6.45, 7) is 6.28. The average Bonchev–Trinajstić information content (AvgIpc) is 2.49. The molecule has 3 nitrogen and oxygen atoms in total. The maximum absolute atomic E-state index is 9.10. The van der Waals surface area contributed by atoms with Crippen molar-refractivity contribution in [2.24, 2.45) is 0 Å². The summed E-state index contributed by atoms with van der Waals surface area (Å²) in [6, 6.07) is 12.4. The third-order valence-electron chi connectivity index (χ3n) is 3.25. The number of nitrogens with zero attached hydrogens (tertiary/aromatic N) is 3. The summed E-state index contributed by atoms with van der Waals surface area (Å²) < 4.78 is 0. The van der Waals surface area contributed by atoms with Crippen LogP contribution in [0.5, 0.6) is 0 Å². The normalized spacial score (nSPS) is 9.95. The third kappa shape index (κ3) is 2.74. The molecule has 0 aliphatic carbocycles. The van der Waals surface area contributed by atoms with Crippen LogP contribution in [0.1, 0.15) is 19.4 Å². The largest absolute Gasteiger partial charge is 0.372 e. The number of hydrogen-bond donors (Lipinski definition) is 0. The number of hydrogen-bond acceptors (Lipinski definition) is 3. The number of rotatable bonds is 4. The van der Waals surface area contributed by atoms with Crippen molar-refractivity contribution < 1.29 is 0 Å². The van der Waals surface area contributed by atoms with Gasteiger partial charge in [0.1, 0.15) is 6.07 Å². The maximum Gasteiger partial charge on any atom is 0.101 e. The summed E-state index contributed by atoms with van der Waals surface area (Å²) in [5.41, 5.74) is 3.80. The SMILES string of the molecule is CCN(CC)c1ccc(-c2ccncc2C#N)cc1. The quantitative estimate of drug-likeness (QED) is 0.835. The molecule has 19 heavy (non-hydrogen) atoms. The molecule has 96 valence electrons. The molecule has 0 fully saturated rings. The van der Waals surface area contributed by atoms with E-state index in [-0.39, 0.29) is 0 Å². The van der Waals surface area contributed by atoms with Crippen molar-refractivity contribution in [3.63, 3.8) is 0 Å². The number of benzene rings is 1. The van der Waals surface area contributed by atoms with Gasteiger partial charge in [-0.15, -0.1) is 0 Å². The van der Waals surface area contributed by atoms with Gasteiger partial charge in [0.25, 0.3) is 0 Å². The molecule has 0 saturated carbocycles. The zero-order valence-corrected chi connectivity index (χ0v) is 11.3. The summed E-state index contributed by atoms with van der Waals surface area (Å²) in [7, 11) is 0. The molecule has 0 aliphatic heterocycles. The highest BCUT2D eigenvalue weighted by Crippen LogP contribution is 2.25. The summed E-state index contributed by atoms with van der Waals surface area (Å²) >= 11 is 0. The summed E-state index contributed by atoms with van der Waals surface area (Å²) in [5.74, 6) is 0. The minimum absolute atomic E-state index is 0.609. The first kappa shape index (κ1) is 13.1. The Kier molecular flexibility index (Phi) is 4.15. The molecule has 0 spiro atoms. The smallest absolute Gasteiger partial charge is 0.101 e. The fourth-order valence-corrected chi connectivity index (χ4v) is 2.18. The van der Waals surface area contributed by atoms with E-state index in [1.165, 1.54) is 5.69 Å². The van der Waals surface area contributed by atoms with Gasteiger partial charge in [-0.3, -0.25) is 4.98 Å². The van der Waals surface area contributed by atoms with E-state index in [0.717, 1.165) is 24.2 Å². The first-order chi connectivity index (χ1) is 9.30. The Labute approximate surface area is 114 Å². The number of pyridine rings is 1. The molecule has 0 atom stereocenters. The van der Waals surface area contributed by atoms with Crippen LogP contribution in [-0.4, -0.2) is 18.1 Å². The molecule has 1 aromatic carbocycles. The highest BCUT2D eigenvalue weighted by Gasteiger charge is 2.06. The van der Waals surface area contributed by atoms with Gasteiger partial charge in [0.05, 0.1) is 5.56 Å². The maximum atomic E-state index is 9.10. The highest BCUT2D eigenvalue weighted by atomic mass is 15.1. The van der Waals surface area contributed by atoms with Crippen molar-refractivity contribution in [3.05, 3.63) is 48.3 Å². The molecule has 2 rings (SSSR count). The second-order valence-electron chi connectivity index (χ2n) is 4.25. The lowest BCUT2D eigenvalue weighted by Crippen LogP contribution is -2.21. The lowest BCUT2D eigenvalue weighted by Gasteiger charge is -2.21. The monoisotopic (exact) mass is 251 g/mol. The van der Waals surface area contributed by atoms with Gasteiger partial charge in [0.15, 0.2) is 0 Å². The van der Waals surface area contributed by atoms with Gasteiger partial charge in [-0.2, -0.15) is 5.26 Å². The minimum Gasteiger partial charge on any atom is -0.372 e. The van der Waals surface area contributed by atoms with Crippen LogP contribution in [0.25, 0.3) is 11.1 Å². The average molecular weight is 251 g/mol. The van der Waals surface area contributed by atoms with Gasteiger partial charge in [0.2, 0.25) is 0 Å². The van der Waals surface area contributed by atoms with Crippen LogP contribution in [0, 0.1) is 11.3 Å². The molecule has 0 aliphatic rings. The Bertz CT molecular complexity index is 578. The Morgan fingerprint density at radius 1 is 1.11 bits per heavy atom.